The second kappa shape index (κ2) is 21.9. The molecule has 47 heavy (non-hydrogen) atoms. The number of para-hydroxylation sites is 6. The standard InChI is InChI=1S/C15H21NO5.C11H13NO5.C7H9NO/c1-4-20-14(17)10-16(11-15(18)21-5-2)12-8-6-7-9-13(12)19-3;1-17-9-5-3-2-4-8(9)12(6-10(13)14)7-11(15)16;1-9-7-5-3-2-4-6(7)8/h6-9H,4-5,10-11H2,1-3H3;2-5H,6-7H2,1H3,(H,13,14)(H,15,16);2-5H,8H2,1H3. The summed E-state index contributed by atoms with van der Waals surface area (Å²) in [7, 11) is 4.58. The Kier molecular flexibility index (Phi) is 18.4. The lowest BCUT2D eigenvalue weighted by Gasteiger charge is -2.24. The van der Waals surface area contributed by atoms with Crippen molar-refractivity contribution in [2.45, 2.75) is 13.8 Å². The summed E-state index contributed by atoms with van der Waals surface area (Å²) in [5.41, 5.74) is 7.27. The van der Waals surface area contributed by atoms with E-state index in [4.69, 9.17) is 39.6 Å². The highest BCUT2D eigenvalue weighted by atomic mass is 16.5. The molecule has 0 aliphatic rings. The van der Waals surface area contributed by atoms with Crippen LogP contribution < -0.4 is 29.7 Å². The van der Waals surface area contributed by atoms with Crippen molar-refractivity contribution < 1.29 is 53.1 Å². The smallest absolute Gasteiger partial charge is 0.325 e. The van der Waals surface area contributed by atoms with Crippen LogP contribution in [0.4, 0.5) is 17.1 Å². The van der Waals surface area contributed by atoms with Gasteiger partial charge in [0.1, 0.15) is 43.4 Å². The summed E-state index contributed by atoms with van der Waals surface area (Å²) < 4.78 is 25.1. The number of nitrogens with zero attached hydrogens (tertiary/aromatic N) is 2. The maximum atomic E-state index is 11.7. The average molecular weight is 658 g/mol. The van der Waals surface area contributed by atoms with Crippen molar-refractivity contribution in [2.24, 2.45) is 0 Å². The molecule has 0 spiro atoms. The summed E-state index contributed by atoms with van der Waals surface area (Å²) in [4.78, 5) is 47.6. The van der Waals surface area contributed by atoms with E-state index >= 15 is 0 Å². The molecule has 0 aromatic heterocycles. The Morgan fingerprint density at radius 1 is 0.574 bits per heavy atom. The first-order valence-electron chi connectivity index (χ1n) is 14.4. The molecule has 0 aliphatic heterocycles. The fourth-order valence-electron chi connectivity index (χ4n) is 3.95. The molecule has 3 aromatic rings. The number of methoxy groups -OCH3 is 3. The highest BCUT2D eigenvalue weighted by molar-refractivity contribution is 5.83. The summed E-state index contributed by atoms with van der Waals surface area (Å²) in [5.74, 6) is -1.27. The van der Waals surface area contributed by atoms with Gasteiger partial charge < -0.3 is 49.4 Å². The number of ether oxygens (including phenoxy) is 5. The lowest BCUT2D eigenvalue weighted by atomic mass is 10.2. The molecule has 0 atom stereocenters. The van der Waals surface area contributed by atoms with Gasteiger partial charge in [-0.05, 0) is 50.2 Å². The van der Waals surface area contributed by atoms with Crippen molar-refractivity contribution in [2.75, 3.05) is 76.3 Å². The number of hydrogen-bond donors (Lipinski definition) is 3. The first kappa shape index (κ1) is 39.4. The molecule has 3 aromatic carbocycles. The molecule has 0 bridgehead atoms. The fourth-order valence-corrected chi connectivity index (χ4v) is 3.95. The van der Waals surface area contributed by atoms with Crippen molar-refractivity contribution >= 4 is 40.9 Å². The minimum absolute atomic E-state index is 0.0486. The number of aliphatic carboxylic acids is 2. The van der Waals surface area contributed by atoms with Gasteiger partial charge in [0.2, 0.25) is 0 Å². The lowest BCUT2D eigenvalue weighted by Crippen LogP contribution is -2.36. The number of rotatable bonds is 15. The molecule has 4 N–H and O–H groups in total. The van der Waals surface area contributed by atoms with E-state index in [9.17, 15) is 19.2 Å². The van der Waals surface area contributed by atoms with Gasteiger partial charge >= 0.3 is 23.9 Å². The van der Waals surface area contributed by atoms with Crippen molar-refractivity contribution in [1.82, 2.24) is 0 Å². The Hall–Kier alpha value is -5.66. The molecule has 256 valence electrons. The largest absolute Gasteiger partial charge is 0.495 e. The predicted molar refractivity (Wildman–Crippen MR) is 176 cm³/mol. The van der Waals surface area contributed by atoms with E-state index in [1.54, 1.807) is 74.4 Å². The van der Waals surface area contributed by atoms with E-state index in [1.165, 1.54) is 19.1 Å². The SMILES string of the molecule is CCOC(=O)CN(CC(=O)OCC)c1ccccc1OC.COc1ccccc1N.COc1ccccc1N(CC(=O)O)CC(=O)O. The molecule has 0 saturated carbocycles. The molecular weight excluding hydrogens is 614 g/mol. The Bertz CT molecular complexity index is 1380. The van der Waals surface area contributed by atoms with Gasteiger partial charge in [-0.3, -0.25) is 19.2 Å². The fraction of sp³-hybridized carbons (Fsp3) is 0.333. The van der Waals surface area contributed by atoms with E-state index in [0.717, 1.165) is 5.75 Å². The normalized spacial score (nSPS) is 9.64. The first-order valence-corrected chi connectivity index (χ1v) is 14.4. The van der Waals surface area contributed by atoms with Crippen LogP contribution in [0.3, 0.4) is 0 Å². The second-order valence-electron chi connectivity index (χ2n) is 9.20. The van der Waals surface area contributed by atoms with Crippen LogP contribution in [0.25, 0.3) is 0 Å². The zero-order valence-corrected chi connectivity index (χ0v) is 27.2. The molecule has 0 radical (unpaired) electrons. The molecule has 0 fully saturated rings. The summed E-state index contributed by atoms with van der Waals surface area (Å²) in [5, 5.41) is 17.5. The maximum Gasteiger partial charge on any atom is 0.325 e. The number of carbonyl (C=O) groups is 4. The number of anilines is 3. The zero-order chi connectivity index (χ0) is 35.2. The number of carbonyl (C=O) groups excluding carboxylic acids is 2. The van der Waals surface area contributed by atoms with Crippen molar-refractivity contribution in [1.29, 1.82) is 0 Å². The quantitative estimate of drug-likeness (QED) is 0.159. The number of benzene rings is 3. The van der Waals surface area contributed by atoms with Crippen LogP contribution in [-0.2, 0) is 28.7 Å². The van der Waals surface area contributed by atoms with Gasteiger partial charge in [0.15, 0.2) is 0 Å². The highest BCUT2D eigenvalue weighted by Crippen LogP contribution is 2.28. The molecule has 0 heterocycles. The van der Waals surface area contributed by atoms with E-state index in [1.807, 2.05) is 24.3 Å². The van der Waals surface area contributed by atoms with Crippen LogP contribution in [-0.4, -0.2) is 94.8 Å². The van der Waals surface area contributed by atoms with Crippen molar-refractivity contribution in [3.05, 3.63) is 72.8 Å². The third kappa shape index (κ3) is 14.8. The Labute approximate surface area is 274 Å². The van der Waals surface area contributed by atoms with Crippen molar-refractivity contribution in [3.63, 3.8) is 0 Å². The van der Waals surface area contributed by atoms with E-state index in [0.29, 0.717) is 28.6 Å². The number of esters is 2. The molecular formula is C33H43N3O11. The third-order valence-corrected chi connectivity index (χ3v) is 5.89. The molecule has 3 rings (SSSR count). The zero-order valence-electron chi connectivity index (χ0n) is 27.2. The van der Waals surface area contributed by atoms with Gasteiger partial charge in [0, 0.05) is 0 Å². The Morgan fingerprint density at radius 2 is 0.915 bits per heavy atom. The monoisotopic (exact) mass is 657 g/mol. The van der Waals surface area contributed by atoms with Crippen LogP contribution in [0.5, 0.6) is 17.2 Å². The summed E-state index contributed by atoms with van der Waals surface area (Å²) >= 11 is 0. The van der Waals surface area contributed by atoms with Crippen LogP contribution in [0.1, 0.15) is 13.8 Å². The maximum absolute atomic E-state index is 11.7. The molecule has 0 saturated heterocycles. The summed E-state index contributed by atoms with van der Waals surface area (Å²) in [6, 6.07) is 21.2. The van der Waals surface area contributed by atoms with Gasteiger partial charge in [-0.15, -0.1) is 0 Å². The molecule has 0 unspecified atom stereocenters. The highest BCUT2D eigenvalue weighted by Gasteiger charge is 2.20. The number of nitrogen functional groups attached to an aromatic ring is 1. The van der Waals surface area contributed by atoms with Gasteiger partial charge in [0.05, 0.1) is 51.6 Å². The van der Waals surface area contributed by atoms with Crippen LogP contribution in [0.15, 0.2) is 72.8 Å². The third-order valence-electron chi connectivity index (χ3n) is 5.89. The molecule has 14 nitrogen and oxygen atoms in total. The predicted octanol–water partition coefficient (Wildman–Crippen LogP) is 3.58. The molecule has 14 heteroatoms. The van der Waals surface area contributed by atoms with Gasteiger partial charge in [-0.1, -0.05) is 36.4 Å². The lowest BCUT2D eigenvalue weighted by molar-refractivity contribution is -0.143. The molecule has 0 amide bonds. The topological polar surface area (TPSA) is 187 Å². The number of carboxylic acids is 2. The second-order valence-corrected chi connectivity index (χ2v) is 9.20. The molecule has 0 aliphatic carbocycles. The Morgan fingerprint density at radius 3 is 1.23 bits per heavy atom. The summed E-state index contributed by atoms with van der Waals surface area (Å²) in [6.07, 6.45) is 0. The van der Waals surface area contributed by atoms with Crippen molar-refractivity contribution in [3.8, 4) is 17.2 Å². The van der Waals surface area contributed by atoms with E-state index in [2.05, 4.69) is 0 Å². The number of hydrogen-bond acceptors (Lipinski definition) is 12. The average Bonchev–Trinajstić information content (AvgIpc) is 3.04. The van der Waals surface area contributed by atoms with Crippen LogP contribution in [0, 0.1) is 0 Å². The van der Waals surface area contributed by atoms with Gasteiger partial charge in [-0.25, -0.2) is 0 Å². The Balaban J connectivity index is 0.000000379. The van der Waals surface area contributed by atoms with Crippen LogP contribution >= 0.6 is 0 Å². The van der Waals surface area contributed by atoms with Gasteiger partial charge in [-0.2, -0.15) is 0 Å². The van der Waals surface area contributed by atoms with E-state index in [-0.39, 0.29) is 26.3 Å². The number of nitrogens with two attached hydrogens (primary N) is 1. The minimum atomic E-state index is -1.10. The van der Waals surface area contributed by atoms with Gasteiger partial charge in [0.25, 0.3) is 0 Å². The first-order chi connectivity index (χ1) is 22.5. The minimum Gasteiger partial charge on any atom is -0.495 e. The number of carboxylic acid groups (broad SMARTS) is 2. The summed E-state index contributed by atoms with van der Waals surface area (Å²) in [6.45, 7) is 3.16. The van der Waals surface area contributed by atoms with Crippen LogP contribution in [0.2, 0.25) is 0 Å². The van der Waals surface area contributed by atoms with E-state index < -0.39 is 37.0 Å².